The third-order valence-corrected chi connectivity index (χ3v) is 3.75. The average molecular weight is 197 g/mol. The van der Waals surface area contributed by atoms with Crippen LogP contribution in [0.15, 0.2) is 0 Å². The maximum absolute atomic E-state index is 10.9. The average Bonchev–Trinajstić information content (AvgIpc) is 2.49. The SMILES string of the molecule is O=C(O)C1CCCC1CNC1CCC1. The van der Waals surface area contributed by atoms with Crippen LogP contribution in [0.4, 0.5) is 0 Å². The molecule has 2 aliphatic rings. The zero-order valence-corrected chi connectivity index (χ0v) is 8.54. The molecule has 2 fully saturated rings. The monoisotopic (exact) mass is 197 g/mol. The van der Waals surface area contributed by atoms with Crippen LogP contribution in [0.3, 0.4) is 0 Å². The summed E-state index contributed by atoms with van der Waals surface area (Å²) in [6.45, 7) is 0.918. The molecule has 0 bridgehead atoms. The molecule has 2 aliphatic carbocycles. The molecule has 0 aromatic heterocycles. The van der Waals surface area contributed by atoms with Crippen molar-refractivity contribution in [1.82, 2.24) is 5.32 Å². The van der Waals surface area contributed by atoms with Crippen LogP contribution in [0.25, 0.3) is 0 Å². The number of aliphatic carboxylic acids is 1. The van der Waals surface area contributed by atoms with Gasteiger partial charge < -0.3 is 10.4 Å². The van der Waals surface area contributed by atoms with Crippen molar-refractivity contribution in [3.63, 3.8) is 0 Å². The molecule has 14 heavy (non-hydrogen) atoms. The van der Waals surface area contributed by atoms with E-state index in [2.05, 4.69) is 5.32 Å². The van der Waals surface area contributed by atoms with Gasteiger partial charge in [-0.05, 0) is 38.1 Å². The smallest absolute Gasteiger partial charge is 0.306 e. The maximum atomic E-state index is 10.9. The van der Waals surface area contributed by atoms with Gasteiger partial charge in [0, 0.05) is 6.04 Å². The zero-order valence-electron chi connectivity index (χ0n) is 8.54. The Balaban J connectivity index is 1.75. The Labute approximate surface area is 84.9 Å². The van der Waals surface area contributed by atoms with Crippen molar-refractivity contribution in [2.45, 2.75) is 44.6 Å². The molecule has 0 saturated heterocycles. The van der Waals surface area contributed by atoms with Gasteiger partial charge in [-0.2, -0.15) is 0 Å². The van der Waals surface area contributed by atoms with Crippen LogP contribution in [-0.2, 0) is 4.79 Å². The molecule has 0 spiro atoms. The van der Waals surface area contributed by atoms with Crippen LogP contribution in [0, 0.1) is 11.8 Å². The van der Waals surface area contributed by atoms with E-state index in [0.717, 1.165) is 25.8 Å². The molecule has 3 nitrogen and oxygen atoms in total. The second kappa shape index (κ2) is 4.30. The van der Waals surface area contributed by atoms with Crippen LogP contribution in [0.5, 0.6) is 0 Å². The molecule has 80 valence electrons. The van der Waals surface area contributed by atoms with Crippen LogP contribution in [0.2, 0.25) is 0 Å². The number of carbonyl (C=O) groups is 1. The highest BCUT2D eigenvalue weighted by atomic mass is 16.4. The van der Waals surface area contributed by atoms with Gasteiger partial charge in [-0.25, -0.2) is 0 Å². The summed E-state index contributed by atoms with van der Waals surface area (Å²) < 4.78 is 0. The number of carboxylic acids is 1. The van der Waals surface area contributed by atoms with E-state index in [9.17, 15) is 4.79 Å². The summed E-state index contributed by atoms with van der Waals surface area (Å²) in [5.41, 5.74) is 0. The highest BCUT2D eigenvalue weighted by Crippen LogP contribution is 2.32. The van der Waals surface area contributed by atoms with E-state index in [1.807, 2.05) is 0 Å². The standard InChI is InChI=1S/C11H19NO2/c13-11(14)10-6-1-3-8(10)7-12-9-4-2-5-9/h8-10,12H,1-7H2,(H,13,14). The third-order valence-electron chi connectivity index (χ3n) is 3.75. The van der Waals surface area contributed by atoms with Crippen LogP contribution >= 0.6 is 0 Å². The van der Waals surface area contributed by atoms with Crippen LogP contribution in [-0.4, -0.2) is 23.7 Å². The summed E-state index contributed by atoms with van der Waals surface area (Å²) in [7, 11) is 0. The molecule has 2 saturated carbocycles. The van der Waals surface area contributed by atoms with Crippen molar-refractivity contribution in [2.24, 2.45) is 11.8 Å². The molecule has 2 N–H and O–H groups in total. The van der Waals surface area contributed by atoms with Crippen molar-refractivity contribution in [1.29, 1.82) is 0 Å². The van der Waals surface area contributed by atoms with Crippen LogP contribution in [0.1, 0.15) is 38.5 Å². The first kappa shape index (κ1) is 9.97. The number of rotatable bonds is 4. The Morgan fingerprint density at radius 2 is 1.93 bits per heavy atom. The molecule has 2 rings (SSSR count). The van der Waals surface area contributed by atoms with E-state index in [-0.39, 0.29) is 5.92 Å². The highest BCUT2D eigenvalue weighted by molar-refractivity contribution is 5.70. The largest absolute Gasteiger partial charge is 0.481 e. The fraction of sp³-hybridized carbons (Fsp3) is 0.909. The molecule has 0 heterocycles. The third kappa shape index (κ3) is 2.08. The Bertz CT molecular complexity index is 213. The fourth-order valence-electron chi connectivity index (χ4n) is 2.54. The Kier molecular flexibility index (Phi) is 3.06. The first-order chi connectivity index (χ1) is 6.77. The molecule has 0 aliphatic heterocycles. The molecule has 0 aromatic carbocycles. The molecule has 3 heteroatoms. The minimum atomic E-state index is -0.595. The van der Waals surface area contributed by atoms with Gasteiger partial charge in [0.15, 0.2) is 0 Å². The predicted octanol–water partition coefficient (Wildman–Crippen LogP) is 1.63. The van der Waals surface area contributed by atoms with Gasteiger partial charge in [0.2, 0.25) is 0 Å². The normalized spacial score (nSPS) is 32.9. The van der Waals surface area contributed by atoms with Crippen molar-refractivity contribution in [3.05, 3.63) is 0 Å². The summed E-state index contributed by atoms with van der Waals surface area (Å²) in [6, 6.07) is 0.685. The minimum Gasteiger partial charge on any atom is -0.481 e. The molecule has 0 aromatic rings. The lowest BCUT2D eigenvalue weighted by atomic mass is 9.91. The molecule has 0 radical (unpaired) electrons. The summed E-state index contributed by atoms with van der Waals surface area (Å²) in [5.74, 6) is -0.293. The highest BCUT2D eigenvalue weighted by Gasteiger charge is 2.33. The lowest BCUT2D eigenvalue weighted by Crippen LogP contribution is -2.39. The Morgan fingerprint density at radius 3 is 2.50 bits per heavy atom. The van der Waals surface area contributed by atoms with Crippen molar-refractivity contribution in [2.75, 3.05) is 6.54 Å². The number of hydrogen-bond donors (Lipinski definition) is 2. The number of nitrogens with one attached hydrogen (secondary N) is 1. The predicted molar refractivity (Wildman–Crippen MR) is 54.1 cm³/mol. The second-order valence-corrected chi connectivity index (χ2v) is 4.67. The van der Waals surface area contributed by atoms with Gasteiger partial charge in [0.1, 0.15) is 0 Å². The topological polar surface area (TPSA) is 49.3 Å². The van der Waals surface area contributed by atoms with Crippen LogP contribution < -0.4 is 5.32 Å². The van der Waals surface area contributed by atoms with E-state index >= 15 is 0 Å². The van der Waals surface area contributed by atoms with Crippen molar-refractivity contribution in [3.8, 4) is 0 Å². The van der Waals surface area contributed by atoms with Gasteiger partial charge in [0.05, 0.1) is 5.92 Å². The number of hydrogen-bond acceptors (Lipinski definition) is 2. The van der Waals surface area contributed by atoms with Gasteiger partial charge in [0.25, 0.3) is 0 Å². The zero-order chi connectivity index (χ0) is 9.97. The Morgan fingerprint density at radius 1 is 1.21 bits per heavy atom. The summed E-state index contributed by atoms with van der Waals surface area (Å²) in [4.78, 5) is 10.9. The Hall–Kier alpha value is -0.570. The first-order valence-electron chi connectivity index (χ1n) is 5.73. The quantitative estimate of drug-likeness (QED) is 0.720. The van der Waals surface area contributed by atoms with E-state index in [4.69, 9.17) is 5.11 Å². The van der Waals surface area contributed by atoms with E-state index < -0.39 is 5.97 Å². The van der Waals surface area contributed by atoms with Gasteiger partial charge in [-0.15, -0.1) is 0 Å². The molecular formula is C11H19NO2. The van der Waals surface area contributed by atoms with Gasteiger partial charge in [-0.3, -0.25) is 4.79 Å². The molecule has 2 unspecified atom stereocenters. The lowest BCUT2D eigenvalue weighted by molar-refractivity contribution is -0.142. The molecule has 0 amide bonds. The van der Waals surface area contributed by atoms with E-state index in [1.54, 1.807) is 0 Å². The first-order valence-corrected chi connectivity index (χ1v) is 5.73. The number of carboxylic acid groups (broad SMARTS) is 1. The summed E-state index contributed by atoms with van der Waals surface area (Å²) in [5, 5.41) is 12.5. The molecular weight excluding hydrogens is 178 g/mol. The van der Waals surface area contributed by atoms with E-state index in [1.165, 1.54) is 19.3 Å². The van der Waals surface area contributed by atoms with E-state index in [0.29, 0.717) is 12.0 Å². The molecule has 2 atom stereocenters. The minimum absolute atomic E-state index is 0.0809. The fourth-order valence-corrected chi connectivity index (χ4v) is 2.54. The lowest BCUT2D eigenvalue weighted by Gasteiger charge is -2.28. The second-order valence-electron chi connectivity index (χ2n) is 4.67. The summed E-state index contributed by atoms with van der Waals surface area (Å²) in [6.07, 6.45) is 6.97. The van der Waals surface area contributed by atoms with Crippen molar-refractivity contribution >= 4 is 5.97 Å². The van der Waals surface area contributed by atoms with Gasteiger partial charge >= 0.3 is 5.97 Å². The maximum Gasteiger partial charge on any atom is 0.306 e. The summed E-state index contributed by atoms with van der Waals surface area (Å²) >= 11 is 0. The van der Waals surface area contributed by atoms with Gasteiger partial charge in [-0.1, -0.05) is 12.8 Å². The van der Waals surface area contributed by atoms with Crippen molar-refractivity contribution < 1.29 is 9.90 Å².